The first-order valence-electron chi connectivity index (χ1n) is 6.66. The van der Waals surface area contributed by atoms with Crippen LogP contribution < -0.4 is 0 Å². The highest BCUT2D eigenvalue weighted by Crippen LogP contribution is 2.37. The molecule has 0 fully saturated rings. The first kappa shape index (κ1) is 15.4. The monoisotopic (exact) mass is 424 g/mol. The molecule has 0 radical (unpaired) electrons. The number of hydrogen-bond acceptors (Lipinski definition) is 1. The summed E-state index contributed by atoms with van der Waals surface area (Å²) >= 11 is 7.95. The lowest BCUT2D eigenvalue weighted by Crippen LogP contribution is -1.92. The highest BCUT2D eigenvalue weighted by molar-refractivity contribution is 14.1. The van der Waals surface area contributed by atoms with E-state index in [0.717, 1.165) is 16.3 Å². The summed E-state index contributed by atoms with van der Waals surface area (Å²) in [6, 6.07) is 13.9. The van der Waals surface area contributed by atoms with Crippen LogP contribution in [0.4, 0.5) is 4.39 Å². The van der Waals surface area contributed by atoms with E-state index in [1.54, 1.807) is 46.9 Å². The Balaban J connectivity index is 2.41. The summed E-state index contributed by atoms with van der Waals surface area (Å²) in [7, 11) is 0. The van der Waals surface area contributed by atoms with Crippen LogP contribution >= 0.6 is 34.2 Å². The molecular weight excluding hydrogens is 414 g/mol. The Morgan fingerprint density at radius 3 is 2.55 bits per heavy atom. The van der Waals surface area contributed by atoms with Gasteiger partial charge in [0.25, 0.3) is 0 Å². The number of halogens is 3. The molecule has 0 spiro atoms. The minimum atomic E-state index is -0.371. The number of hydrogen-bond donors (Lipinski definition) is 0. The molecule has 0 aliphatic heterocycles. The molecule has 0 amide bonds. The highest BCUT2D eigenvalue weighted by atomic mass is 127. The molecule has 0 aliphatic rings. The van der Waals surface area contributed by atoms with Crippen LogP contribution in [-0.2, 0) is 0 Å². The third-order valence-corrected chi connectivity index (χ3v) is 4.63. The van der Waals surface area contributed by atoms with Gasteiger partial charge in [0.05, 0.1) is 5.02 Å². The van der Waals surface area contributed by atoms with Crippen LogP contribution in [0.15, 0.2) is 48.5 Å². The Hall–Kier alpha value is -1.46. The summed E-state index contributed by atoms with van der Waals surface area (Å²) in [5.41, 5.74) is 2.72. The standard InChI is InChI=1S/C18H11ClFIO/c1-10-5-7-13(17-15(19)3-2-4-16(17)20)14-9-11(18(21)22)6-8-12(10)14/h2-9H,1H3. The van der Waals surface area contributed by atoms with E-state index in [9.17, 15) is 9.18 Å². The predicted molar refractivity (Wildman–Crippen MR) is 97.4 cm³/mol. The molecule has 0 unspecified atom stereocenters. The number of carbonyl (C=O) groups is 1. The van der Waals surface area contributed by atoms with Crippen molar-refractivity contribution in [3.8, 4) is 11.1 Å². The van der Waals surface area contributed by atoms with Gasteiger partial charge in [0.2, 0.25) is 3.79 Å². The largest absolute Gasteiger partial charge is 0.282 e. The molecule has 3 aromatic carbocycles. The first-order chi connectivity index (χ1) is 10.5. The quantitative estimate of drug-likeness (QED) is 0.354. The molecule has 3 rings (SSSR count). The topological polar surface area (TPSA) is 17.1 Å². The van der Waals surface area contributed by atoms with Gasteiger partial charge in [-0.25, -0.2) is 4.39 Å². The van der Waals surface area contributed by atoms with Gasteiger partial charge < -0.3 is 0 Å². The average molecular weight is 425 g/mol. The van der Waals surface area contributed by atoms with Gasteiger partial charge in [-0.15, -0.1) is 0 Å². The third-order valence-electron chi connectivity index (χ3n) is 3.69. The van der Waals surface area contributed by atoms with E-state index in [2.05, 4.69) is 0 Å². The molecule has 0 bridgehead atoms. The first-order valence-corrected chi connectivity index (χ1v) is 8.12. The number of fused-ring (bicyclic) bond motifs is 1. The van der Waals surface area contributed by atoms with Gasteiger partial charge in [-0.1, -0.05) is 35.9 Å². The second-order valence-electron chi connectivity index (χ2n) is 5.06. The second kappa shape index (κ2) is 5.97. The summed E-state index contributed by atoms with van der Waals surface area (Å²) in [5, 5.41) is 2.17. The molecule has 0 heterocycles. The molecule has 3 aromatic rings. The minimum Gasteiger partial charge on any atom is -0.282 e. The summed E-state index contributed by atoms with van der Waals surface area (Å²) in [5.74, 6) is -0.371. The number of carbonyl (C=O) groups excluding carboxylic acids is 1. The van der Waals surface area contributed by atoms with Crippen molar-refractivity contribution in [2.45, 2.75) is 6.92 Å². The van der Waals surface area contributed by atoms with E-state index in [4.69, 9.17) is 11.6 Å². The van der Waals surface area contributed by atoms with Crippen LogP contribution in [0, 0.1) is 12.7 Å². The zero-order valence-corrected chi connectivity index (χ0v) is 14.6. The van der Waals surface area contributed by atoms with E-state index in [1.807, 2.05) is 25.1 Å². The van der Waals surface area contributed by atoms with E-state index in [1.165, 1.54) is 6.07 Å². The number of benzene rings is 3. The fourth-order valence-corrected chi connectivity index (χ4v) is 3.19. The zero-order valence-electron chi connectivity index (χ0n) is 11.7. The van der Waals surface area contributed by atoms with Crippen molar-refractivity contribution < 1.29 is 9.18 Å². The fraction of sp³-hybridized carbons (Fsp3) is 0.0556. The van der Waals surface area contributed by atoms with Gasteiger partial charge in [-0.05, 0) is 53.1 Å². The molecule has 0 saturated carbocycles. The molecule has 0 N–H and O–H groups in total. The average Bonchev–Trinajstić information content (AvgIpc) is 2.49. The van der Waals surface area contributed by atoms with Crippen molar-refractivity contribution in [2.75, 3.05) is 0 Å². The Bertz CT molecular complexity index is 885. The minimum absolute atomic E-state index is 0.0495. The molecule has 0 aromatic heterocycles. The number of aryl methyl sites for hydroxylation is 1. The van der Waals surface area contributed by atoms with Gasteiger partial charge in [0, 0.05) is 33.7 Å². The highest BCUT2D eigenvalue weighted by Gasteiger charge is 2.14. The van der Waals surface area contributed by atoms with Crippen molar-refractivity contribution in [3.63, 3.8) is 0 Å². The molecule has 0 saturated heterocycles. The summed E-state index contributed by atoms with van der Waals surface area (Å²) in [6.45, 7) is 1.99. The van der Waals surface area contributed by atoms with Crippen molar-refractivity contribution in [3.05, 3.63) is 70.5 Å². The Morgan fingerprint density at radius 2 is 1.86 bits per heavy atom. The Labute approximate surface area is 146 Å². The van der Waals surface area contributed by atoms with Gasteiger partial charge in [0.15, 0.2) is 0 Å². The fourth-order valence-electron chi connectivity index (χ4n) is 2.59. The summed E-state index contributed by atoms with van der Waals surface area (Å²) < 4.78 is 14.2. The maximum atomic E-state index is 14.3. The SMILES string of the molecule is Cc1ccc(-c2c(F)cccc2Cl)c2cc(C(=O)I)ccc12. The maximum absolute atomic E-state index is 14.3. The van der Waals surface area contributed by atoms with Gasteiger partial charge in [-0.3, -0.25) is 4.79 Å². The normalized spacial score (nSPS) is 10.9. The third kappa shape index (κ3) is 2.63. The summed E-state index contributed by atoms with van der Waals surface area (Å²) in [4.78, 5) is 11.6. The van der Waals surface area contributed by atoms with Crippen molar-refractivity contribution >= 4 is 48.8 Å². The Morgan fingerprint density at radius 1 is 1.09 bits per heavy atom. The lowest BCUT2D eigenvalue weighted by molar-refractivity contribution is 0.110. The second-order valence-corrected chi connectivity index (χ2v) is 6.45. The lowest BCUT2D eigenvalue weighted by atomic mass is 9.94. The zero-order chi connectivity index (χ0) is 15.9. The summed E-state index contributed by atoms with van der Waals surface area (Å²) in [6.07, 6.45) is 0. The molecular formula is C18H11ClFIO. The number of rotatable bonds is 2. The van der Waals surface area contributed by atoms with E-state index < -0.39 is 0 Å². The smallest absolute Gasteiger partial charge is 0.222 e. The van der Waals surface area contributed by atoms with Crippen LogP contribution in [0.2, 0.25) is 5.02 Å². The Kier molecular flexibility index (Phi) is 4.19. The molecule has 4 heteroatoms. The van der Waals surface area contributed by atoms with Crippen LogP contribution in [0.1, 0.15) is 15.9 Å². The van der Waals surface area contributed by atoms with Crippen LogP contribution in [0.3, 0.4) is 0 Å². The van der Waals surface area contributed by atoms with E-state index in [-0.39, 0.29) is 9.61 Å². The molecule has 110 valence electrons. The van der Waals surface area contributed by atoms with Crippen molar-refractivity contribution in [2.24, 2.45) is 0 Å². The molecule has 0 aliphatic carbocycles. The van der Waals surface area contributed by atoms with Crippen LogP contribution in [-0.4, -0.2) is 3.79 Å². The van der Waals surface area contributed by atoms with Gasteiger partial charge in [0.1, 0.15) is 5.82 Å². The van der Waals surface area contributed by atoms with E-state index in [0.29, 0.717) is 21.7 Å². The molecule has 22 heavy (non-hydrogen) atoms. The maximum Gasteiger partial charge on any atom is 0.222 e. The predicted octanol–water partition coefficient (Wildman–Crippen LogP) is 6.18. The van der Waals surface area contributed by atoms with Crippen LogP contribution in [0.5, 0.6) is 0 Å². The van der Waals surface area contributed by atoms with Crippen molar-refractivity contribution in [1.29, 1.82) is 0 Å². The van der Waals surface area contributed by atoms with Gasteiger partial charge in [-0.2, -0.15) is 0 Å². The van der Waals surface area contributed by atoms with Crippen molar-refractivity contribution in [1.82, 2.24) is 0 Å². The van der Waals surface area contributed by atoms with Crippen LogP contribution in [0.25, 0.3) is 21.9 Å². The lowest BCUT2D eigenvalue weighted by Gasteiger charge is -2.12. The van der Waals surface area contributed by atoms with Gasteiger partial charge >= 0.3 is 0 Å². The molecule has 1 nitrogen and oxygen atoms in total. The molecule has 0 atom stereocenters. The van der Waals surface area contributed by atoms with E-state index >= 15 is 0 Å².